The SMILES string of the molecule is O=C(O)C(F)(F)F.c1csc(CN2Cc3nccn3CC(Cn3cncn3)C2)n1. The van der Waals surface area contributed by atoms with Gasteiger partial charge in [-0.25, -0.2) is 19.7 Å². The molecule has 0 aliphatic carbocycles. The smallest absolute Gasteiger partial charge is 0.475 e. The fraction of sp³-hybridized carbons (Fsp3) is 0.438. The minimum absolute atomic E-state index is 0.470. The Bertz CT molecular complexity index is 837. The van der Waals surface area contributed by atoms with Crippen LogP contribution in [0.5, 0.6) is 0 Å². The molecule has 1 atom stereocenters. The number of carboxylic acid groups (broad SMARTS) is 1. The van der Waals surface area contributed by atoms with Crippen LogP contribution in [-0.2, 0) is 31.0 Å². The van der Waals surface area contributed by atoms with Gasteiger partial charge in [-0.3, -0.25) is 9.58 Å². The highest BCUT2D eigenvalue weighted by Crippen LogP contribution is 2.19. The highest BCUT2D eigenvalue weighted by atomic mass is 32.1. The monoisotopic (exact) mass is 429 g/mol. The zero-order valence-corrected chi connectivity index (χ0v) is 15.9. The molecule has 0 bridgehead atoms. The number of alkyl halides is 3. The van der Waals surface area contributed by atoms with Crippen molar-refractivity contribution in [3.05, 3.63) is 47.5 Å². The topological polar surface area (TPSA) is 102 Å². The van der Waals surface area contributed by atoms with Crippen molar-refractivity contribution in [3.8, 4) is 0 Å². The number of carbonyl (C=O) groups is 1. The second-order valence-corrected chi connectivity index (χ2v) is 7.36. The number of imidazole rings is 1. The Hall–Kier alpha value is -2.80. The van der Waals surface area contributed by atoms with Gasteiger partial charge in [0.15, 0.2) is 0 Å². The summed E-state index contributed by atoms with van der Waals surface area (Å²) in [6.07, 6.45) is 4.11. The lowest BCUT2D eigenvalue weighted by molar-refractivity contribution is -0.192. The quantitative estimate of drug-likeness (QED) is 0.676. The van der Waals surface area contributed by atoms with Crippen LogP contribution in [0.2, 0.25) is 0 Å². The number of thiazole rings is 1. The van der Waals surface area contributed by atoms with Crippen molar-refractivity contribution in [2.45, 2.75) is 32.4 Å². The number of hydrogen-bond donors (Lipinski definition) is 1. The van der Waals surface area contributed by atoms with E-state index in [1.165, 1.54) is 0 Å². The average Bonchev–Trinajstić information content (AvgIpc) is 3.38. The van der Waals surface area contributed by atoms with Crippen molar-refractivity contribution >= 4 is 17.3 Å². The largest absolute Gasteiger partial charge is 0.490 e. The molecular formula is C16H18F3N7O2S. The number of aliphatic carboxylic acids is 1. The lowest BCUT2D eigenvalue weighted by atomic mass is 10.1. The van der Waals surface area contributed by atoms with Gasteiger partial charge in [0.2, 0.25) is 0 Å². The zero-order valence-electron chi connectivity index (χ0n) is 15.1. The van der Waals surface area contributed by atoms with Gasteiger partial charge in [-0.2, -0.15) is 18.3 Å². The van der Waals surface area contributed by atoms with Gasteiger partial charge in [-0.05, 0) is 0 Å². The number of halogens is 3. The molecule has 4 rings (SSSR count). The molecule has 1 N–H and O–H groups in total. The number of hydrogen-bond acceptors (Lipinski definition) is 7. The molecule has 1 unspecified atom stereocenters. The molecule has 9 nitrogen and oxygen atoms in total. The minimum Gasteiger partial charge on any atom is -0.475 e. The summed E-state index contributed by atoms with van der Waals surface area (Å²) in [7, 11) is 0. The van der Waals surface area contributed by atoms with Crippen LogP contribution in [0.15, 0.2) is 36.6 Å². The standard InChI is InChI=1S/C14H17N7S.C2HF3O2/c1-3-20-6-12(7-21-11-15-10-18-21)5-19(8-13(20)16-1)9-14-17-2-4-22-14;3-2(4,5)1(6)7/h1-4,10-12H,5-9H2;(H,6,7). The van der Waals surface area contributed by atoms with Crippen molar-refractivity contribution in [2.75, 3.05) is 6.54 Å². The summed E-state index contributed by atoms with van der Waals surface area (Å²) in [5, 5.41) is 14.5. The Morgan fingerprint density at radius 2 is 2.07 bits per heavy atom. The Morgan fingerprint density at radius 3 is 2.69 bits per heavy atom. The van der Waals surface area contributed by atoms with Crippen LogP contribution in [-0.4, -0.2) is 58.0 Å². The Labute approximate surface area is 167 Å². The lowest BCUT2D eigenvalue weighted by Crippen LogP contribution is -2.30. The predicted molar refractivity (Wildman–Crippen MR) is 95.7 cm³/mol. The van der Waals surface area contributed by atoms with Crippen molar-refractivity contribution in [2.24, 2.45) is 5.92 Å². The van der Waals surface area contributed by atoms with E-state index in [-0.39, 0.29) is 0 Å². The molecule has 3 aromatic rings. The van der Waals surface area contributed by atoms with Crippen LogP contribution >= 0.6 is 11.3 Å². The molecule has 1 aliphatic rings. The van der Waals surface area contributed by atoms with Crippen LogP contribution in [0.1, 0.15) is 10.8 Å². The molecule has 0 amide bonds. The van der Waals surface area contributed by atoms with Crippen molar-refractivity contribution < 1.29 is 23.1 Å². The molecule has 3 aromatic heterocycles. The van der Waals surface area contributed by atoms with E-state index in [4.69, 9.17) is 9.90 Å². The van der Waals surface area contributed by atoms with E-state index in [1.807, 2.05) is 22.5 Å². The second kappa shape index (κ2) is 9.13. The molecule has 13 heteroatoms. The molecule has 0 fully saturated rings. The Morgan fingerprint density at radius 1 is 1.28 bits per heavy atom. The van der Waals surface area contributed by atoms with Gasteiger partial charge in [-0.15, -0.1) is 11.3 Å². The minimum atomic E-state index is -5.08. The highest BCUT2D eigenvalue weighted by molar-refractivity contribution is 7.09. The zero-order chi connectivity index (χ0) is 20.9. The fourth-order valence-corrected chi connectivity index (χ4v) is 3.63. The van der Waals surface area contributed by atoms with Crippen LogP contribution in [0, 0.1) is 5.92 Å². The normalized spacial score (nSPS) is 17.1. The summed E-state index contributed by atoms with van der Waals surface area (Å²) in [6.45, 7) is 4.57. The average molecular weight is 429 g/mol. The van der Waals surface area contributed by atoms with E-state index in [2.05, 4.69) is 35.7 Å². The molecule has 29 heavy (non-hydrogen) atoms. The first kappa shape index (κ1) is 20.9. The summed E-state index contributed by atoms with van der Waals surface area (Å²) in [5.74, 6) is -1.16. The van der Waals surface area contributed by atoms with Crippen LogP contribution < -0.4 is 0 Å². The summed E-state index contributed by atoms with van der Waals surface area (Å²) < 4.78 is 35.9. The molecule has 0 aromatic carbocycles. The first-order chi connectivity index (χ1) is 13.8. The van der Waals surface area contributed by atoms with Gasteiger partial charge in [0, 0.05) is 49.5 Å². The molecule has 0 spiro atoms. The number of aromatic nitrogens is 6. The van der Waals surface area contributed by atoms with E-state index in [0.29, 0.717) is 5.92 Å². The van der Waals surface area contributed by atoms with Crippen LogP contribution in [0.4, 0.5) is 13.2 Å². The fourth-order valence-electron chi connectivity index (χ4n) is 2.97. The maximum absolute atomic E-state index is 10.6. The highest BCUT2D eigenvalue weighted by Gasteiger charge is 2.38. The van der Waals surface area contributed by atoms with Crippen molar-refractivity contribution in [3.63, 3.8) is 0 Å². The maximum Gasteiger partial charge on any atom is 0.490 e. The van der Waals surface area contributed by atoms with Gasteiger partial charge in [-0.1, -0.05) is 0 Å². The molecule has 0 saturated carbocycles. The summed E-state index contributed by atoms with van der Waals surface area (Å²) in [6, 6.07) is 0. The summed E-state index contributed by atoms with van der Waals surface area (Å²) in [5.41, 5.74) is 0. The number of carboxylic acids is 1. The Balaban J connectivity index is 0.000000298. The predicted octanol–water partition coefficient (Wildman–Crippen LogP) is 1.90. The van der Waals surface area contributed by atoms with E-state index in [1.54, 1.807) is 24.0 Å². The van der Waals surface area contributed by atoms with Gasteiger partial charge >= 0.3 is 12.1 Å². The van der Waals surface area contributed by atoms with Crippen molar-refractivity contribution in [1.82, 2.24) is 34.2 Å². The van der Waals surface area contributed by atoms with E-state index < -0.39 is 12.1 Å². The van der Waals surface area contributed by atoms with Gasteiger partial charge in [0.1, 0.15) is 23.5 Å². The van der Waals surface area contributed by atoms with Gasteiger partial charge in [0.25, 0.3) is 0 Å². The Kier molecular flexibility index (Phi) is 6.59. The lowest BCUT2D eigenvalue weighted by Gasteiger charge is -2.22. The number of rotatable bonds is 4. The molecule has 156 valence electrons. The van der Waals surface area contributed by atoms with E-state index >= 15 is 0 Å². The van der Waals surface area contributed by atoms with Crippen molar-refractivity contribution in [1.29, 1.82) is 0 Å². The molecule has 0 saturated heterocycles. The third kappa shape index (κ3) is 6.09. The molecular weight excluding hydrogens is 411 g/mol. The molecule has 0 radical (unpaired) electrons. The number of nitrogens with zero attached hydrogens (tertiary/aromatic N) is 7. The van der Waals surface area contributed by atoms with E-state index in [9.17, 15) is 13.2 Å². The second-order valence-electron chi connectivity index (χ2n) is 6.38. The van der Waals surface area contributed by atoms with Crippen LogP contribution in [0.25, 0.3) is 0 Å². The first-order valence-corrected chi connectivity index (χ1v) is 9.42. The maximum atomic E-state index is 10.6. The third-order valence-corrected chi connectivity index (χ3v) is 4.90. The summed E-state index contributed by atoms with van der Waals surface area (Å²) >= 11 is 1.71. The van der Waals surface area contributed by atoms with Crippen LogP contribution in [0.3, 0.4) is 0 Å². The summed E-state index contributed by atoms with van der Waals surface area (Å²) in [4.78, 5) is 24.3. The van der Waals surface area contributed by atoms with E-state index in [0.717, 1.165) is 43.6 Å². The first-order valence-electron chi connectivity index (χ1n) is 8.54. The molecule has 1 aliphatic heterocycles. The van der Waals surface area contributed by atoms with Gasteiger partial charge < -0.3 is 9.67 Å². The molecule has 4 heterocycles. The third-order valence-electron chi connectivity index (χ3n) is 4.13. The van der Waals surface area contributed by atoms with Gasteiger partial charge in [0.05, 0.1) is 13.1 Å². The number of fused-ring (bicyclic) bond motifs is 1.